The molecule has 6 nitrogen and oxygen atoms in total. The van der Waals surface area contributed by atoms with Crippen molar-refractivity contribution in [1.82, 2.24) is 9.80 Å². The largest absolute Gasteiger partial charge is 0.493 e. The van der Waals surface area contributed by atoms with E-state index >= 15 is 0 Å². The highest BCUT2D eigenvalue weighted by Gasteiger charge is 2.33. The lowest BCUT2D eigenvalue weighted by atomic mass is 10.1. The Kier molecular flexibility index (Phi) is 6.43. The summed E-state index contributed by atoms with van der Waals surface area (Å²) in [6.45, 7) is 5.28. The van der Waals surface area contributed by atoms with Crippen LogP contribution >= 0.6 is 11.8 Å². The van der Waals surface area contributed by atoms with Crippen molar-refractivity contribution < 1.29 is 19.1 Å². The minimum Gasteiger partial charge on any atom is -0.493 e. The smallest absolute Gasteiger partial charge is 0.308 e. The van der Waals surface area contributed by atoms with Gasteiger partial charge >= 0.3 is 5.97 Å². The van der Waals surface area contributed by atoms with Gasteiger partial charge in [-0.05, 0) is 43.6 Å². The van der Waals surface area contributed by atoms with Crippen LogP contribution in [0.1, 0.15) is 37.1 Å². The van der Waals surface area contributed by atoms with Gasteiger partial charge in [0.25, 0.3) is 0 Å². The number of esters is 1. The second-order valence-electron chi connectivity index (χ2n) is 6.66. The van der Waals surface area contributed by atoms with Crippen molar-refractivity contribution in [3.8, 4) is 11.5 Å². The van der Waals surface area contributed by atoms with E-state index in [1.807, 2.05) is 17.0 Å². The topological polar surface area (TPSA) is 59.1 Å². The van der Waals surface area contributed by atoms with E-state index < -0.39 is 0 Å². The lowest BCUT2D eigenvalue weighted by molar-refractivity contribution is -0.132. The molecule has 7 heteroatoms. The van der Waals surface area contributed by atoms with E-state index in [-0.39, 0.29) is 17.3 Å². The van der Waals surface area contributed by atoms with Crippen molar-refractivity contribution in [2.45, 2.75) is 31.6 Å². The average Bonchev–Trinajstić information content (AvgIpc) is 3.01. The molecular formula is C19H26N2O4S. The van der Waals surface area contributed by atoms with E-state index in [4.69, 9.17) is 9.47 Å². The molecular weight excluding hydrogens is 352 g/mol. The number of rotatable bonds is 6. The van der Waals surface area contributed by atoms with Gasteiger partial charge in [0.2, 0.25) is 5.91 Å². The van der Waals surface area contributed by atoms with Crippen LogP contribution in [0.2, 0.25) is 0 Å². The van der Waals surface area contributed by atoms with Gasteiger partial charge < -0.3 is 19.3 Å². The number of carbonyl (C=O) groups excluding carboxylic acids is 2. The third-order valence-electron chi connectivity index (χ3n) is 4.80. The van der Waals surface area contributed by atoms with Crippen LogP contribution in [0.4, 0.5) is 0 Å². The van der Waals surface area contributed by atoms with Gasteiger partial charge in [0.1, 0.15) is 5.37 Å². The van der Waals surface area contributed by atoms with Gasteiger partial charge in [-0.2, -0.15) is 0 Å². The molecule has 0 bridgehead atoms. The Morgan fingerprint density at radius 2 is 1.96 bits per heavy atom. The fourth-order valence-electron chi connectivity index (χ4n) is 3.48. The molecule has 2 fully saturated rings. The molecule has 0 aliphatic carbocycles. The highest BCUT2D eigenvalue weighted by molar-refractivity contribution is 8.00. The summed E-state index contributed by atoms with van der Waals surface area (Å²) in [7, 11) is 1.55. The van der Waals surface area contributed by atoms with Crippen molar-refractivity contribution in [1.29, 1.82) is 0 Å². The van der Waals surface area contributed by atoms with Crippen LogP contribution in [0.5, 0.6) is 11.5 Å². The Balaban J connectivity index is 1.71. The number of piperidine rings is 1. The minimum atomic E-state index is -0.385. The first-order valence-electron chi connectivity index (χ1n) is 9.08. The molecule has 1 aromatic rings. The maximum atomic E-state index is 12.4. The Morgan fingerprint density at radius 3 is 2.65 bits per heavy atom. The molecule has 26 heavy (non-hydrogen) atoms. The number of thioether (sulfide) groups is 1. The molecule has 2 aliphatic rings. The van der Waals surface area contributed by atoms with Gasteiger partial charge in [-0.25, -0.2) is 0 Å². The summed E-state index contributed by atoms with van der Waals surface area (Å²) in [5.74, 6) is 1.20. The molecule has 1 unspecified atom stereocenters. The van der Waals surface area contributed by atoms with Crippen molar-refractivity contribution in [3.63, 3.8) is 0 Å². The number of methoxy groups -OCH3 is 1. The van der Waals surface area contributed by atoms with E-state index in [2.05, 4.69) is 4.90 Å². The molecule has 142 valence electrons. The number of likely N-dealkylation sites (tertiary alicyclic amines) is 1. The van der Waals surface area contributed by atoms with Crippen molar-refractivity contribution in [2.75, 3.05) is 39.0 Å². The van der Waals surface area contributed by atoms with E-state index in [0.29, 0.717) is 17.3 Å². The van der Waals surface area contributed by atoms with Crippen molar-refractivity contribution in [2.24, 2.45) is 0 Å². The van der Waals surface area contributed by atoms with E-state index in [0.717, 1.165) is 31.7 Å². The van der Waals surface area contributed by atoms with Gasteiger partial charge in [0.05, 0.1) is 12.9 Å². The molecule has 0 radical (unpaired) electrons. The van der Waals surface area contributed by atoms with Crippen LogP contribution in [0, 0.1) is 0 Å². The van der Waals surface area contributed by atoms with Crippen molar-refractivity contribution in [3.05, 3.63) is 23.8 Å². The normalized spacial score (nSPS) is 21.1. The second-order valence-corrected chi connectivity index (χ2v) is 7.73. The molecule has 2 aliphatic heterocycles. The maximum Gasteiger partial charge on any atom is 0.308 e. The van der Waals surface area contributed by atoms with Crippen LogP contribution in [-0.2, 0) is 9.59 Å². The summed E-state index contributed by atoms with van der Waals surface area (Å²) in [4.78, 5) is 28.0. The molecule has 2 saturated heterocycles. The molecule has 1 atom stereocenters. The van der Waals surface area contributed by atoms with Crippen LogP contribution in [-0.4, -0.2) is 60.7 Å². The highest BCUT2D eigenvalue weighted by Crippen LogP contribution is 2.41. The van der Waals surface area contributed by atoms with Crippen LogP contribution < -0.4 is 9.47 Å². The van der Waals surface area contributed by atoms with Crippen LogP contribution in [0.25, 0.3) is 0 Å². The molecule has 0 aromatic heterocycles. The Hall–Kier alpha value is -1.73. The average molecular weight is 378 g/mol. The number of benzene rings is 1. The summed E-state index contributed by atoms with van der Waals surface area (Å²) >= 11 is 1.63. The molecule has 2 heterocycles. The van der Waals surface area contributed by atoms with Gasteiger partial charge in [-0.15, -0.1) is 11.8 Å². The first-order chi connectivity index (χ1) is 12.6. The molecule has 0 saturated carbocycles. The molecule has 1 amide bonds. The first-order valence-corrected chi connectivity index (χ1v) is 10.1. The lowest BCUT2D eigenvalue weighted by Crippen LogP contribution is -2.39. The summed E-state index contributed by atoms with van der Waals surface area (Å²) < 4.78 is 10.5. The fourth-order valence-corrected chi connectivity index (χ4v) is 4.69. The van der Waals surface area contributed by atoms with Gasteiger partial charge in [-0.3, -0.25) is 9.59 Å². The van der Waals surface area contributed by atoms with Crippen molar-refractivity contribution >= 4 is 23.6 Å². The highest BCUT2D eigenvalue weighted by atomic mass is 32.2. The fraction of sp³-hybridized carbons (Fsp3) is 0.579. The predicted octanol–water partition coefficient (Wildman–Crippen LogP) is 2.68. The summed E-state index contributed by atoms with van der Waals surface area (Å²) in [5.41, 5.74) is 0.993. The number of carbonyl (C=O) groups is 2. The monoisotopic (exact) mass is 378 g/mol. The van der Waals surface area contributed by atoms with Gasteiger partial charge in [0, 0.05) is 20.0 Å². The summed E-state index contributed by atoms with van der Waals surface area (Å²) in [5, 5.41) is -0.0208. The van der Waals surface area contributed by atoms with Crippen LogP contribution in [0.15, 0.2) is 18.2 Å². The SMILES string of the molecule is COc1cc(C2SCC(=O)N2CCN2CCCCC2)ccc1OC(C)=O. The van der Waals surface area contributed by atoms with Gasteiger partial charge in [0.15, 0.2) is 11.5 Å². The number of nitrogens with zero attached hydrogens (tertiary/aromatic N) is 2. The molecule has 0 spiro atoms. The van der Waals surface area contributed by atoms with Crippen LogP contribution in [0.3, 0.4) is 0 Å². The number of ether oxygens (including phenoxy) is 2. The third-order valence-corrected chi connectivity index (χ3v) is 6.06. The second kappa shape index (κ2) is 8.77. The van der Waals surface area contributed by atoms with E-state index in [1.54, 1.807) is 24.9 Å². The lowest BCUT2D eigenvalue weighted by Gasteiger charge is -2.30. The Morgan fingerprint density at radius 1 is 1.19 bits per heavy atom. The predicted molar refractivity (Wildman–Crippen MR) is 102 cm³/mol. The van der Waals surface area contributed by atoms with E-state index in [1.165, 1.54) is 26.2 Å². The molecule has 3 rings (SSSR count). The Labute approximate surface area is 158 Å². The summed E-state index contributed by atoms with van der Waals surface area (Å²) in [6, 6.07) is 5.51. The third kappa shape index (κ3) is 4.51. The zero-order valence-electron chi connectivity index (χ0n) is 15.4. The first kappa shape index (κ1) is 19.0. The maximum absolute atomic E-state index is 12.4. The minimum absolute atomic E-state index is 0.0208. The Bertz CT molecular complexity index is 661. The van der Waals surface area contributed by atoms with E-state index in [9.17, 15) is 9.59 Å². The zero-order valence-corrected chi connectivity index (χ0v) is 16.2. The van der Waals surface area contributed by atoms with Gasteiger partial charge in [-0.1, -0.05) is 12.5 Å². The summed E-state index contributed by atoms with van der Waals surface area (Å²) in [6.07, 6.45) is 3.81. The quantitative estimate of drug-likeness (QED) is 0.560. The molecule has 0 N–H and O–H groups in total. The number of hydrogen-bond acceptors (Lipinski definition) is 6. The zero-order chi connectivity index (χ0) is 18.5. The molecule has 1 aromatic carbocycles. The number of hydrogen-bond donors (Lipinski definition) is 0. The standard InChI is InChI=1S/C19H26N2O4S/c1-14(22)25-16-7-6-15(12-17(16)24-2)19-21(18(23)13-26-19)11-10-20-8-4-3-5-9-20/h6-7,12,19H,3-5,8-11,13H2,1-2H3. The number of amides is 1.